The predicted molar refractivity (Wildman–Crippen MR) is 93.6 cm³/mol. The van der Waals surface area contributed by atoms with E-state index in [1.807, 2.05) is 5.43 Å². The SMILES string of the molecule is NC(=O)NN(C(=O)NCc1ccccc1Cl)c1cccc([N+](=O)[O-])c1O. The molecule has 0 aliphatic heterocycles. The molecule has 0 radical (unpaired) electrons. The van der Waals surface area contributed by atoms with Crippen LogP contribution in [0.5, 0.6) is 5.75 Å². The Morgan fingerprint density at radius 3 is 2.54 bits per heavy atom. The standard InChI is InChI=1S/C15H14ClN5O5/c16-10-5-2-1-4-9(10)8-18-15(24)20(19-14(17)23)11-6-3-7-12(13(11)22)21(25)26/h1-7,22H,8H2,(H,18,24)(H3,17,19,23). The fraction of sp³-hybridized carbons (Fsp3) is 0.0667. The van der Waals surface area contributed by atoms with Gasteiger partial charge < -0.3 is 16.2 Å². The molecule has 4 amide bonds. The van der Waals surface area contributed by atoms with Gasteiger partial charge in [-0.1, -0.05) is 35.9 Å². The van der Waals surface area contributed by atoms with Crippen molar-refractivity contribution in [2.45, 2.75) is 6.54 Å². The summed E-state index contributed by atoms with van der Waals surface area (Å²) in [6, 6.07) is 8.24. The average molecular weight is 380 g/mol. The Morgan fingerprint density at radius 2 is 1.92 bits per heavy atom. The number of phenols is 1. The fourth-order valence-corrected chi connectivity index (χ4v) is 2.27. The maximum Gasteiger partial charge on any atom is 0.341 e. The van der Waals surface area contributed by atoms with Crippen LogP contribution in [0, 0.1) is 10.1 Å². The zero-order valence-corrected chi connectivity index (χ0v) is 13.9. The summed E-state index contributed by atoms with van der Waals surface area (Å²) in [4.78, 5) is 33.7. The van der Waals surface area contributed by atoms with Crippen molar-refractivity contribution in [2.24, 2.45) is 5.73 Å². The minimum absolute atomic E-state index is 0.00510. The number of hydrazine groups is 1. The lowest BCUT2D eigenvalue weighted by Crippen LogP contribution is -2.52. The Kier molecular flexibility index (Phi) is 5.81. The van der Waals surface area contributed by atoms with E-state index >= 15 is 0 Å². The van der Waals surface area contributed by atoms with E-state index in [0.717, 1.165) is 6.07 Å². The number of nitrogens with two attached hydrogens (primary N) is 1. The second kappa shape index (κ2) is 8.03. The number of nitrogens with zero attached hydrogens (tertiary/aromatic N) is 2. The lowest BCUT2D eigenvalue weighted by Gasteiger charge is -2.23. The maximum atomic E-state index is 12.4. The molecule has 26 heavy (non-hydrogen) atoms. The number of rotatable bonds is 4. The predicted octanol–water partition coefficient (Wildman–Crippen LogP) is 2.25. The highest BCUT2D eigenvalue weighted by Gasteiger charge is 2.25. The van der Waals surface area contributed by atoms with Crippen molar-refractivity contribution >= 4 is 35.0 Å². The monoisotopic (exact) mass is 379 g/mol. The third-order valence-electron chi connectivity index (χ3n) is 3.24. The van der Waals surface area contributed by atoms with Crippen molar-refractivity contribution in [3.8, 4) is 5.75 Å². The molecular formula is C15H14ClN5O5. The van der Waals surface area contributed by atoms with Crippen LogP contribution < -0.4 is 21.5 Å². The number of nitro groups is 1. The van der Waals surface area contributed by atoms with Crippen LogP contribution in [0.4, 0.5) is 21.0 Å². The summed E-state index contributed by atoms with van der Waals surface area (Å²) in [5.41, 5.74) is 6.67. The van der Waals surface area contributed by atoms with Crippen molar-refractivity contribution in [3.05, 3.63) is 63.2 Å². The van der Waals surface area contributed by atoms with Gasteiger partial charge in [0.25, 0.3) is 0 Å². The molecule has 0 saturated heterocycles. The van der Waals surface area contributed by atoms with E-state index in [1.54, 1.807) is 24.3 Å². The van der Waals surface area contributed by atoms with Crippen LogP contribution in [-0.4, -0.2) is 22.1 Å². The first-order valence-corrected chi connectivity index (χ1v) is 7.53. The molecule has 2 rings (SSSR count). The minimum Gasteiger partial charge on any atom is -0.501 e. The van der Waals surface area contributed by atoms with Gasteiger partial charge in [-0.15, -0.1) is 0 Å². The maximum absolute atomic E-state index is 12.4. The number of halogens is 1. The number of benzene rings is 2. The highest BCUT2D eigenvalue weighted by Crippen LogP contribution is 2.35. The molecule has 0 atom stereocenters. The lowest BCUT2D eigenvalue weighted by molar-refractivity contribution is -0.385. The van der Waals surface area contributed by atoms with Crippen molar-refractivity contribution in [3.63, 3.8) is 0 Å². The summed E-state index contributed by atoms with van der Waals surface area (Å²) in [5.74, 6) is -0.806. The van der Waals surface area contributed by atoms with E-state index in [0.29, 0.717) is 15.6 Å². The molecule has 0 aliphatic carbocycles. The number of carbonyl (C=O) groups is 2. The molecule has 11 heteroatoms. The van der Waals surface area contributed by atoms with Gasteiger partial charge in [0.1, 0.15) is 5.69 Å². The molecule has 5 N–H and O–H groups in total. The van der Waals surface area contributed by atoms with Crippen LogP contribution in [0.2, 0.25) is 5.02 Å². The van der Waals surface area contributed by atoms with Crippen LogP contribution in [0.15, 0.2) is 42.5 Å². The first-order valence-electron chi connectivity index (χ1n) is 7.15. The second-order valence-electron chi connectivity index (χ2n) is 4.96. The number of hydrogen-bond acceptors (Lipinski definition) is 5. The van der Waals surface area contributed by atoms with Crippen LogP contribution >= 0.6 is 11.6 Å². The largest absolute Gasteiger partial charge is 0.501 e. The lowest BCUT2D eigenvalue weighted by atomic mass is 10.2. The Hall–Kier alpha value is -3.53. The van der Waals surface area contributed by atoms with E-state index in [9.17, 15) is 24.8 Å². The summed E-state index contributed by atoms with van der Waals surface area (Å²) in [5, 5.41) is 24.4. The van der Waals surface area contributed by atoms with E-state index in [4.69, 9.17) is 17.3 Å². The van der Waals surface area contributed by atoms with E-state index in [2.05, 4.69) is 5.32 Å². The van der Waals surface area contributed by atoms with Gasteiger partial charge in [0, 0.05) is 17.6 Å². The van der Waals surface area contributed by atoms with E-state index in [-0.39, 0.29) is 12.2 Å². The van der Waals surface area contributed by atoms with Crippen molar-refractivity contribution < 1.29 is 19.6 Å². The van der Waals surface area contributed by atoms with Crippen molar-refractivity contribution in [1.82, 2.24) is 10.7 Å². The molecule has 10 nitrogen and oxygen atoms in total. The first-order chi connectivity index (χ1) is 12.3. The highest BCUT2D eigenvalue weighted by atomic mass is 35.5. The molecule has 2 aromatic rings. The molecular weight excluding hydrogens is 366 g/mol. The number of para-hydroxylation sites is 1. The molecule has 2 aromatic carbocycles. The molecule has 0 saturated carbocycles. The van der Waals surface area contributed by atoms with Gasteiger partial charge in [-0.2, -0.15) is 5.01 Å². The molecule has 0 spiro atoms. The average Bonchev–Trinajstić information content (AvgIpc) is 2.58. The van der Waals surface area contributed by atoms with Crippen LogP contribution in [0.1, 0.15) is 5.56 Å². The number of amides is 4. The number of carbonyl (C=O) groups excluding carboxylic acids is 2. The number of aromatic hydroxyl groups is 1. The summed E-state index contributed by atoms with van der Waals surface area (Å²) in [7, 11) is 0. The van der Waals surface area contributed by atoms with E-state index < -0.39 is 28.4 Å². The fourth-order valence-electron chi connectivity index (χ4n) is 2.07. The topological polar surface area (TPSA) is 151 Å². The number of anilines is 1. The Morgan fingerprint density at radius 1 is 1.23 bits per heavy atom. The number of urea groups is 2. The van der Waals surface area contributed by atoms with Gasteiger partial charge in [0.2, 0.25) is 5.75 Å². The number of nitrogens with one attached hydrogen (secondary N) is 2. The molecule has 0 heterocycles. The second-order valence-corrected chi connectivity index (χ2v) is 5.37. The number of hydrogen-bond donors (Lipinski definition) is 4. The quantitative estimate of drug-likeness (QED) is 0.474. The Bertz CT molecular complexity index is 860. The van der Waals surface area contributed by atoms with Gasteiger partial charge in [0.05, 0.1) is 4.92 Å². The number of primary amides is 1. The summed E-state index contributed by atoms with van der Waals surface area (Å²) in [6.07, 6.45) is 0. The van der Waals surface area contributed by atoms with Gasteiger partial charge in [0.15, 0.2) is 0 Å². The van der Waals surface area contributed by atoms with Crippen LogP contribution in [0.3, 0.4) is 0 Å². The third-order valence-corrected chi connectivity index (χ3v) is 3.61. The normalized spacial score (nSPS) is 10.0. The highest BCUT2D eigenvalue weighted by molar-refractivity contribution is 6.31. The van der Waals surface area contributed by atoms with E-state index in [1.165, 1.54) is 12.1 Å². The van der Waals surface area contributed by atoms with Crippen LogP contribution in [0.25, 0.3) is 0 Å². The zero-order chi connectivity index (χ0) is 19.3. The minimum atomic E-state index is -1.11. The van der Waals surface area contributed by atoms with Gasteiger partial charge in [-0.3, -0.25) is 10.1 Å². The Labute approximate surface area is 152 Å². The van der Waals surface area contributed by atoms with Gasteiger partial charge >= 0.3 is 17.7 Å². The molecule has 0 aliphatic rings. The van der Waals surface area contributed by atoms with Crippen LogP contribution in [-0.2, 0) is 6.54 Å². The molecule has 0 bridgehead atoms. The summed E-state index contributed by atoms with van der Waals surface area (Å²) < 4.78 is 0. The van der Waals surface area contributed by atoms with Gasteiger partial charge in [-0.05, 0) is 17.7 Å². The number of nitro benzene ring substituents is 1. The molecule has 0 unspecified atom stereocenters. The number of phenolic OH excluding ortho intramolecular Hbond substituents is 1. The zero-order valence-electron chi connectivity index (χ0n) is 13.2. The molecule has 136 valence electrons. The summed E-state index contributed by atoms with van der Waals surface area (Å²) >= 11 is 6.00. The first kappa shape index (κ1) is 18.8. The molecule has 0 aromatic heterocycles. The summed E-state index contributed by atoms with van der Waals surface area (Å²) in [6.45, 7) is 0.00510. The third kappa shape index (κ3) is 4.30. The van der Waals surface area contributed by atoms with Crippen molar-refractivity contribution in [1.29, 1.82) is 0 Å². The smallest absolute Gasteiger partial charge is 0.341 e. The Balaban J connectivity index is 2.28. The van der Waals surface area contributed by atoms with Gasteiger partial charge in [-0.25, -0.2) is 15.0 Å². The van der Waals surface area contributed by atoms with Crippen molar-refractivity contribution in [2.75, 3.05) is 5.01 Å². The molecule has 0 fully saturated rings.